The molecule has 126 valence electrons. The molecule has 1 aromatic heterocycles. The number of amides is 1. The van der Waals surface area contributed by atoms with Crippen LogP contribution < -0.4 is 20.1 Å². The number of benzene rings is 1. The Labute approximate surface area is 143 Å². The van der Waals surface area contributed by atoms with E-state index in [0.717, 1.165) is 5.56 Å². The first-order chi connectivity index (χ1) is 11.1. The number of ketones is 1. The van der Waals surface area contributed by atoms with Crippen LogP contribution in [0.2, 0.25) is 0 Å². The van der Waals surface area contributed by atoms with Crippen LogP contribution in [0.1, 0.15) is 33.3 Å². The van der Waals surface area contributed by atoms with Gasteiger partial charge in [-0.05, 0) is 23.8 Å². The van der Waals surface area contributed by atoms with Gasteiger partial charge in [0.1, 0.15) is 0 Å². The zero-order chi connectivity index (χ0) is 17.9. The molecule has 2 N–H and O–H groups in total. The number of thiazole rings is 1. The van der Waals surface area contributed by atoms with Gasteiger partial charge in [-0.3, -0.25) is 14.4 Å². The standard InChI is InChI=1S/C18H20N2O3S/c1-11(21)19-13-7-5-12(6-8-13)9-14-17(23)20-16(24-14)10-15(22)18(2,3)4/h5-10H,1-4H3,(H,19,21)(H,20,23). The van der Waals surface area contributed by atoms with E-state index in [2.05, 4.69) is 10.3 Å². The molecule has 1 amide bonds. The van der Waals surface area contributed by atoms with Crippen molar-refractivity contribution in [1.82, 2.24) is 4.98 Å². The molecule has 2 aromatic rings. The largest absolute Gasteiger partial charge is 0.326 e. The molecule has 0 saturated heterocycles. The van der Waals surface area contributed by atoms with E-state index in [1.54, 1.807) is 18.2 Å². The summed E-state index contributed by atoms with van der Waals surface area (Å²) < 4.78 is 1.07. The third-order valence-electron chi connectivity index (χ3n) is 3.21. The van der Waals surface area contributed by atoms with Crippen LogP contribution in [0.3, 0.4) is 0 Å². The lowest BCUT2D eigenvalue weighted by Crippen LogP contribution is -2.22. The van der Waals surface area contributed by atoms with Crippen molar-refractivity contribution in [1.29, 1.82) is 0 Å². The van der Waals surface area contributed by atoms with Crippen LogP contribution in [0.25, 0.3) is 12.2 Å². The Morgan fingerprint density at radius 1 is 1.17 bits per heavy atom. The number of rotatable bonds is 3. The van der Waals surface area contributed by atoms with E-state index >= 15 is 0 Å². The Balaban J connectivity index is 2.35. The molecule has 1 aromatic carbocycles. The van der Waals surface area contributed by atoms with Crippen molar-refractivity contribution in [2.75, 3.05) is 5.32 Å². The van der Waals surface area contributed by atoms with Crippen LogP contribution in [-0.2, 0) is 9.59 Å². The number of aromatic amines is 1. The van der Waals surface area contributed by atoms with Gasteiger partial charge in [-0.15, -0.1) is 11.3 Å². The van der Waals surface area contributed by atoms with E-state index in [9.17, 15) is 14.4 Å². The van der Waals surface area contributed by atoms with E-state index in [4.69, 9.17) is 0 Å². The van der Waals surface area contributed by atoms with Crippen LogP contribution >= 0.6 is 11.3 Å². The van der Waals surface area contributed by atoms with Gasteiger partial charge in [0.05, 0.1) is 9.20 Å². The fraction of sp³-hybridized carbons (Fsp3) is 0.278. The summed E-state index contributed by atoms with van der Waals surface area (Å²) in [6, 6.07) is 7.17. The summed E-state index contributed by atoms with van der Waals surface area (Å²) in [5.74, 6) is -0.170. The number of hydrogen-bond acceptors (Lipinski definition) is 4. The van der Waals surface area contributed by atoms with E-state index in [-0.39, 0.29) is 17.2 Å². The zero-order valence-corrected chi connectivity index (χ0v) is 14.9. The highest BCUT2D eigenvalue weighted by Crippen LogP contribution is 2.14. The third-order valence-corrected chi connectivity index (χ3v) is 4.17. The molecule has 1 heterocycles. The summed E-state index contributed by atoms with van der Waals surface area (Å²) in [5.41, 5.74) is 0.832. The molecule has 2 rings (SSSR count). The maximum absolute atomic E-state index is 12.0. The van der Waals surface area contributed by atoms with Gasteiger partial charge in [0.2, 0.25) is 5.91 Å². The van der Waals surface area contributed by atoms with Crippen LogP contribution in [0.15, 0.2) is 29.1 Å². The molecular formula is C18H20N2O3S. The molecule has 0 spiro atoms. The van der Waals surface area contributed by atoms with Gasteiger partial charge in [0.25, 0.3) is 5.56 Å². The predicted octanol–water partition coefficient (Wildman–Crippen LogP) is 1.62. The van der Waals surface area contributed by atoms with Crippen molar-refractivity contribution >= 4 is 40.9 Å². The molecule has 5 nitrogen and oxygen atoms in total. The van der Waals surface area contributed by atoms with E-state index in [0.29, 0.717) is 14.9 Å². The number of hydrogen-bond donors (Lipinski definition) is 2. The second kappa shape index (κ2) is 6.97. The molecule has 0 aliphatic rings. The zero-order valence-electron chi connectivity index (χ0n) is 14.1. The van der Waals surface area contributed by atoms with Crippen molar-refractivity contribution in [3.63, 3.8) is 0 Å². The lowest BCUT2D eigenvalue weighted by molar-refractivity contribution is -0.120. The highest BCUT2D eigenvalue weighted by molar-refractivity contribution is 7.07. The number of carbonyl (C=O) groups is 2. The molecule has 24 heavy (non-hydrogen) atoms. The van der Waals surface area contributed by atoms with Gasteiger partial charge in [0, 0.05) is 24.1 Å². The second-order valence-electron chi connectivity index (χ2n) is 6.49. The van der Waals surface area contributed by atoms with Gasteiger partial charge in [-0.1, -0.05) is 32.9 Å². The minimum absolute atomic E-state index is 0.0359. The molecule has 0 aliphatic heterocycles. The maximum atomic E-state index is 12.0. The average molecular weight is 344 g/mol. The first kappa shape index (κ1) is 17.9. The number of anilines is 1. The highest BCUT2D eigenvalue weighted by Gasteiger charge is 2.18. The molecule has 6 heteroatoms. The molecule has 0 fully saturated rings. The van der Waals surface area contributed by atoms with E-state index < -0.39 is 5.41 Å². The fourth-order valence-corrected chi connectivity index (χ4v) is 2.76. The van der Waals surface area contributed by atoms with Crippen molar-refractivity contribution in [3.05, 3.63) is 49.4 Å². The van der Waals surface area contributed by atoms with E-state index in [1.165, 1.54) is 24.3 Å². The average Bonchev–Trinajstić information content (AvgIpc) is 2.79. The lowest BCUT2D eigenvalue weighted by Gasteiger charge is -2.12. The molecule has 0 aliphatic carbocycles. The first-order valence-electron chi connectivity index (χ1n) is 7.50. The molecule has 0 bridgehead atoms. The normalized spacial score (nSPS) is 13.2. The Morgan fingerprint density at radius 3 is 2.33 bits per heavy atom. The summed E-state index contributed by atoms with van der Waals surface area (Å²) in [6.07, 6.45) is 3.23. The predicted molar refractivity (Wildman–Crippen MR) is 97.4 cm³/mol. The fourth-order valence-electron chi connectivity index (χ4n) is 1.88. The van der Waals surface area contributed by atoms with Crippen LogP contribution in [0.4, 0.5) is 5.69 Å². The number of H-pyrrole nitrogens is 1. The van der Waals surface area contributed by atoms with Crippen molar-refractivity contribution in [2.24, 2.45) is 5.41 Å². The van der Waals surface area contributed by atoms with Gasteiger partial charge < -0.3 is 10.3 Å². The quantitative estimate of drug-likeness (QED) is 0.888. The number of nitrogens with one attached hydrogen (secondary N) is 2. The molecule has 0 radical (unpaired) electrons. The monoisotopic (exact) mass is 344 g/mol. The van der Waals surface area contributed by atoms with Crippen molar-refractivity contribution in [3.8, 4) is 0 Å². The van der Waals surface area contributed by atoms with Crippen LogP contribution in [-0.4, -0.2) is 16.7 Å². The number of Topliss-reactive ketones (excluding diaryl/α,β-unsaturated/α-hetero) is 1. The SMILES string of the molecule is CC(=O)Nc1ccc(C=c2sc(=CC(=O)C(C)(C)C)[nH]c2=O)cc1. The van der Waals surface area contributed by atoms with Gasteiger partial charge in [0.15, 0.2) is 5.78 Å². The van der Waals surface area contributed by atoms with Gasteiger partial charge in [-0.25, -0.2) is 0 Å². The summed E-state index contributed by atoms with van der Waals surface area (Å²) >= 11 is 1.24. The minimum atomic E-state index is -0.482. The molecule has 0 unspecified atom stereocenters. The Morgan fingerprint density at radius 2 is 1.79 bits per heavy atom. The molecule has 0 saturated carbocycles. The minimum Gasteiger partial charge on any atom is -0.326 e. The summed E-state index contributed by atoms with van der Waals surface area (Å²) in [4.78, 5) is 37.8. The number of aromatic nitrogens is 1. The first-order valence-corrected chi connectivity index (χ1v) is 8.31. The van der Waals surface area contributed by atoms with Gasteiger partial charge >= 0.3 is 0 Å². The smallest absolute Gasteiger partial charge is 0.266 e. The summed E-state index contributed by atoms with van der Waals surface area (Å²) in [6.45, 7) is 6.95. The lowest BCUT2D eigenvalue weighted by atomic mass is 9.91. The second-order valence-corrected chi connectivity index (χ2v) is 7.57. The highest BCUT2D eigenvalue weighted by atomic mass is 32.1. The van der Waals surface area contributed by atoms with Crippen molar-refractivity contribution in [2.45, 2.75) is 27.7 Å². The summed E-state index contributed by atoms with van der Waals surface area (Å²) in [5, 5.41) is 2.69. The van der Waals surface area contributed by atoms with Crippen molar-refractivity contribution < 1.29 is 9.59 Å². The Kier molecular flexibility index (Phi) is 5.19. The molecule has 0 atom stereocenters. The Hall–Kier alpha value is -2.47. The maximum Gasteiger partial charge on any atom is 0.266 e. The topological polar surface area (TPSA) is 79.0 Å². The number of carbonyl (C=O) groups excluding carboxylic acids is 2. The van der Waals surface area contributed by atoms with Crippen LogP contribution in [0.5, 0.6) is 0 Å². The summed E-state index contributed by atoms with van der Waals surface area (Å²) in [7, 11) is 0. The molecular weight excluding hydrogens is 324 g/mol. The van der Waals surface area contributed by atoms with E-state index in [1.807, 2.05) is 32.9 Å². The van der Waals surface area contributed by atoms with Crippen LogP contribution in [0, 0.1) is 5.41 Å². The third kappa shape index (κ3) is 4.76. The Bertz CT molecular complexity index is 928. The van der Waals surface area contributed by atoms with Gasteiger partial charge in [-0.2, -0.15) is 0 Å².